The number of hydrogen-bond donors (Lipinski definition) is 6. The number of halogens is 1. The number of carbonyl (C=O) groups is 3. The number of phenolic OH excluding ortho intramolecular Hbond substituents is 1. The van der Waals surface area contributed by atoms with Crippen molar-refractivity contribution in [2.75, 3.05) is 14.1 Å². The van der Waals surface area contributed by atoms with E-state index in [2.05, 4.69) is 0 Å². The van der Waals surface area contributed by atoms with Gasteiger partial charge in [0.15, 0.2) is 11.4 Å². The average Bonchev–Trinajstić information content (AvgIpc) is 2.86. The third-order valence-electron chi connectivity index (χ3n) is 8.28. The van der Waals surface area contributed by atoms with E-state index in [4.69, 9.17) is 5.73 Å². The monoisotopic (exact) mass is 538 g/mol. The summed E-state index contributed by atoms with van der Waals surface area (Å²) in [5.74, 6) is -10.0. The highest BCUT2D eigenvalue weighted by molar-refractivity contribution is 6.24. The first kappa shape index (κ1) is 26.5. The summed E-state index contributed by atoms with van der Waals surface area (Å²) in [5.41, 5.74) is 1.78. The zero-order valence-electron chi connectivity index (χ0n) is 21.2. The maximum absolute atomic E-state index is 14.0. The number of aliphatic hydroxyl groups is 4. The van der Waals surface area contributed by atoms with Crippen molar-refractivity contribution in [3.63, 3.8) is 0 Å². The van der Waals surface area contributed by atoms with Gasteiger partial charge in [-0.05, 0) is 43.3 Å². The van der Waals surface area contributed by atoms with Crippen LogP contribution in [0, 0.1) is 17.7 Å². The van der Waals surface area contributed by atoms with Crippen molar-refractivity contribution in [1.29, 1.82) is 0 Å². The molecule has 1 amide bonds. The summed E-state index contributed by atoms with van der Waals surface area (Å²) in [6.07, 6.45) is -1.67. The number of phenols is 1. The van der Waals surface area contributed by atoms with E-state index in [9.17, 15) is 44.3 Å². The third kappa shape index (κ3) is 3.40. The normalized spacial score (nSPS) is 30.3. The molecule has 0 saturated heterocycles. The van der Waals surface area contributed by atoms with Crippen molar-refractivity contribution in [2.24, 2.45) is 17.6 Å². The number of carbonyl (C=O) groups excluding carboxylic acids is 3. The van der Waals surface area contributed by atoms with Crippen LogP contribution in [-0.2, 0) is 14.4 Å². The molecule has 0 aliphatic heterocycles. The first-order valence-corrected chi connectivity index (χ1v) is 12.2. The molecule has 7 N–H and O–H groups in total. The maximum Gasteiger partial charge on any atom is 0.255 e. The number of amides is 1. The van der Waals surface area contributed by atoms with E-state index in [1.54, 1.807) is 19.1 Å². The predicted octanol–water partition coefficient (Wildman–Crippen LogP) is 1.30. The molecule has 6 atom stereocenters. The fourth-order valence-electron chi connectivity index (χ4n) is 6.48. The summed E-state index contributed by atoms with van der Waals surface area (Å²) < 4.78 is 13.5. The second kappa shape index (κ2) is 8.73. The molecule has 11 heteroatoms. The van der Waals surface area contributed by atoms with Gasteiger partial charge in [0.25, 0.3) is 5.91 Å². The Balaban J connectivity index is 1.78. The molecule has 1 saturated carbocycles. The highest BCUT2D eigenvalue weighted by atomic mass is 19.1. The Hall–Kier alpha value is -4.06. The Morgan fingerprint density at radius 1 is 1.05 bits per heavy atom. The zero-order chi connectivity index (χ0) is 28.7. The van der Waals surface area contributed by atoms with Gasteiger partial charge in [-0.3, -0.25) is 19.3 Å². The topological polar surface area (TPSA) is 182 Å². The molecular weight excluding hydrogens is 511 g/mol. The van der Waals surface area contributed by atoms with Crippen molar-refractivity contribution < 1.29 is 44.3 Å². The van der Waals surface area contributed by atoms with E-state index in [1.165, 1.54) is 43.3 Å². The number of hydrogen-bond acceptors (Lipinski definition) is 9. The van der Waals surface area contributed by atoms with Crippen LogP contribution in [0.25, 0.3) is 16.9 Å². The summed E-state index contributed by atoms with van der Waals surface area (Å²) in [6.45, 7) is 1.65. The van der Waals surface area contributed by atoms with Crippen LogP contribution in [-0.4, -0.2) is 79.7 Å². The molecule has 0 unspecified atom stereocenters. The quantitative estimate of drug-likeness (QED) is 0.314. The van der Waals surface area contributed by atoms with Crippen LogP contribution in [0.15, 0.2) is 53.3 Å². The van der Waals surface area contributed by atoms with Crippen LogP contribution in [0.1, 0.15) is 24.0 Å². The van der Waals surface area contributed by atoms with Gasteiger partial charge in [0, 0.05) is 17.1 Å². The summed E-state index contributed by atoms with van der Waals surface area (Å²) in [7, 11) is 2.89. The Bertz CT molecular complexity index is 1510. The fourth-order valence-corrected chi connectivity index (χ4v) is 6.48. The third-order valence-corrected chi connectivity index (χ3v) is 8.28. The number of aliphatic hydroxyl groups excluding tert-OH is 3. The number of likely N-dealkylation sites (N-methyl/N-ethyl adjacent to an activating group) is 1. The SMILES string of the molecule is C[C@@H]1c2ccc(-c3ccc(F)cc3)c(O)c2C(O)=C2C(=O)[C@]3(O)C(O)=C(C(N)=O)C(=O)[C@H](N(C)C)[C@H]3[C@H](O)[C@H]21. The van der Waals surface area contributed by atoms with Gasteiger partial charge in [-0.1, -0.05) is 31.2 Å². The Kier molecular flexibility index (Phi) is 5.94. The predicted molar refractivity (Wildman–Crippen MR) is 136 cm³/mol. The van der Waals surface area contributed by atoms with E-state index >= 15 is 0 Å². The molecule has 0 heterocycles. The maximum atomic E-state index is 14.0. The second-order valence-corrected chi connectivity index (χ2v) is 10.5. The van der Waals surface area contributed by atoms with Gasteiger partial charge in [-0.15, -0.1) is 0 Å². The van der Waals surface area contributed by atoms with Crippen LogP contribution in [0.3, 0.4) is 0 Å². The number of primary amides is 1. The smallest absolute Gasteiger partial charge is 0.255 e. The minimum Gasteiger partial charge on any atom is -0.508 e. The fraction of sp³-hybridized carbons (Fsp3) is 0.321. The van der Waals surface area contributed by atoms with Gasteiger partial charge >= 0.3 is 0 Å². The van der Waals surface area contributed by atoms with E-state index < -0.39 is 87.2 Å². The highest BCUT2D eigenvalue weighted by Crippen LogP contribution is 2.56. The van der Waals surface area contributed by atoms with Gasteiger partial charge in [-0.25, -0.2) is 4.39 Å². The molecule has 1 fully saturated rings. The van der Waals surface area contributed by atoms with Gasteiger partial charge < -0.3 is 31.3 Å². The number of Topliss-reactive ketones (excluding diaryl/α,β-unsaturated/α-hetero) is 2. The number of aromatic hydroxyl groups is 1. The summed E-state index contributed by atoms with van der Waals surface area (Å²) in [5, 5.41) is 56.9. The van der Waals surface area contributed by atoms with E-state index in [-0.39, 0.29) is 11.1 Å². The lowest BCUT2D eigenvalue weighted by Crippen LogP contribution is -2.70. The molecule has 39 heavy (non-hydrogen) atoms. The first-order valence-electron chi connectivity index (χ1n) is 12.2. The second-order valence-electron chi connectivity index (χ2n) is 10.5. The number of benzene rings is 2. The molecule has 2 aromatic rings. The Morgan fingerprint density at radius 2 is 1.67 bits per heavy atom. The van der Waals surface area contributed by atoms with Gasteiger partial charge in [-0.2, -0.15) is 0 Å². The minimum atomic E-state index is -2.98. The standard InChI is InChI=1S/C28H27FN2O8/c1-10-13-8-9-14(11-4-6-12(29)7-5-11)21(32)16(13)22(33)17-15(10)23(34)19-20(31(2)3)24(35)18(27(30)38)26(37)28(19,39)25(17)36/h4-10,15,19-20,23,32-34,37,39H,1-3H3,(H2,30,38)/t10-,15+,19+,20-,23-,28+/m1/s1. The number of ketones is 2. The van der Waals surface area contributed by atoms with Crippen LogP contribution < -0.4 is 5.73 Å². The summed E-state index contributed by atoms with van der Waals surface area (Å²) in [4.78, 5) is 40.6. The molecule has 0 aromatic heterocycles. The number of fused-ring (bicyclic) bond motifs is 3. The molecule has 204 valence electrons. The lowest BCUT2D eigenvalue weighted by Gasteiger charge is -2.53. The van der Waals surface area contributed by atoms with Gasteiger partial charge in [0.05, 0.1) is 23.6 Å². The van der Waals surface area contributed by atoms with Crippen LogP contribution in [0.2, 0.25) is 0 Å². The molecule has 10 nitrogen and oxygen atoms in total. The zero-order valence-corrected chi connectivity index (χ0v) is 21.2. The largest absolute Gasteiger partial charge is 0.508 e. The summed E-state index contributed by atoms with van der Waals surface area (Å²) in [6, 6.07) is 6.98. The molecular formula is C28H27FN2O8. The molecule has 3 aliphatic carbocycles. The van der Waals surface area contributed by atoms with E-state index in [0.29, 0.717) is 11.1 Å². The van der Waals surface area contributed by atoms with Crippen LogP contribution in [0.4, 0.5) is 4.39 Å². The first-order chi connectivity index (χ1) is 18.2. The molecule has 3 aliphatic rings. The van der Waals surface area contributed by atoms with E-state index in [1.807, 2.05) is 0 Å². The van der Waals surface area contributed by atoms with E-state index in [0.717, 1.165) is 0 Å². The number of nitrogens with two attached hydrogens (primary N) is 1. The molecule has 0 bridgehead atoms. The van der Waals surface area contributed by atoms with Crippen molar-refractivity contribution in [2.45, 2.75) is 30.6 Å². The minimum absolute atomic E-state index is 0.132. The number of rotatable bonds is 3. The number of nitrogens with zero attached hydrogens (tertiary/aromatic N) is 1. The molecule has 0 spiro atoms. The van der Waals surface area contributed by atoms with Crippen LogP contribution >= 0.6 is 0 Å². The van der Waals surface area contributed by atoms with Crippen LogP contribution in [0.5, 0.6) is 5.75 Å². The Morgan fingerprint density at radius 3 is 2.23 bits per heavy atom. The van der Waals surface area contributed by atoms with Crippen molar-refractivity contribution >= 4 is 23.2 Å². The Labute approximate surface area is 222 Å². The lowest BCUT2D eigenvalue weighted by atomic mass is 9.54. The highest BCUT2D eigenvalue weighted by Gasteiger charge is 2.68. The summed E-state index contributed by atoms with van der Waals surface area (Å²) >= 11 is 0. The molecule has 5 rings (SSSR count). The van der Waals surface area contributed by atoms with Gasteiger partial charge in [0.1, 0.15) is 28.7 Å². The van der Waals surface area contributed by atoms with Gasteiger partial charge in [0.2, 0.25) is 5.78 Å². The lowest BCUT2D eigenvalue weighted by molar-refractivity contribution is -0.169. The average molecular weight is 539 g/mol. The van der Waals surface area contributed by atoms with Crippen molar-refractivity contribution in [3.8, 4) is 16.9 Å². The van der Waals surface area contributed by atoms with Crippen molar-refractivity contribution in [3.05, 3.63) is 70.2 Å². The van der Waals surface area contributed by atoms with Crippen molar-refractivity contribution in [1.82, 2.24) is 4.90 Å². The molecule has 0 radical (unpaired) electrons. The molecule has 2 aromatic carbocycles.